The van der Waals surface area contributed by atoms with E-state index in [0.29, 0.717) is 11.8 Å². The van der Waals surface area contributed by atoms with Crippen molar-refractivity contribution in [2.75, 3.05) is 19.8 Å². The van der Waals surface area contributed by atoms with Crippen LogP contribution >= 0.6 is 0 Å². The number of hydrogen-bond acceptors (Lipinski definition) is 5. The average molecular weight is 239 g/mol. The van der Waals surface area contributed by atoms with Crippen LogP contribution in [0.1, 0.15) is 44.4 Å². The zero-order valence-corrected chi connectivity index (χ0v) is 10.6. The normalized spacial score (nSPS) is 21.9. The van der Waals surface area contributed by atoms with Crippen LogP contribution in [0.25, 0.3) is 0 Å². The van der Waals surface area contributed by atoms with Crippen LogP contribution in [-0.4, -0.2) is 29.9 Å². The Morgan fingerprint density at radius 3 is 3.12 bits per heavy atom. The molecule has 5 heteroatoms. The Morgan fingerprint density at radius 2 is 2.41 bits per heavy atom. The van der Waals surface area contributed by atoms with Gasteiger partial charge in [-0.1, -0.05) is 12.1 Å². The lowest BCUT2D eigenvalue weighted by molar-refractivity contribution is 0.185. The SMILES string of the molecule is CCCNC(C)c1nc(CC2CCOC2)no1. The molecular weight excluding hydrogens is 218 g/mol. The largest absolute Gasteiger partial charge is 0.381 e. The van der Waals surface area contributed by atoms with Crippen molar-refractivity contribution in [3.8, 4) is 0 Å². The van der Waals surface area contributed by atoms with Gasteiger partial charge in [0.1, 0.15) is 0 Å². The molecule has 5 nitrogen and oxygen atoms in total. The van der Waals surface area contributed by atoms with Crippen LogP contribution in [0.15, 0.2) is 4.52 Å². The molecular formula is C12H21N3O2. The molecule has 0 radical (unpaired) electrons. The molecule has 1 aromatic heterocycles. The molecule has 2 atom stereocenters. The summed E-state index contributed by atoms with van der Waals surface area (Å²) in [4.78, 5) is 4.43. The number of rotatable bonds is 6. The molecule has 1 aromatic rings. The first kappa shape index (κ1) is 12.5. The van der Waals surface area contributed by atoms with Gasteiger partial charge in [0.2, 0.25) is 5.89 Å². The van der Waals surface area contributed by atoms with Crippen LogP contribution in [0.5, 0.6) is 0 Å². The maximum atomic E-state index is 5.34. The van der Waals surface area contributed by atoms with Crippen molar-refractivity contribution < 1.29 is 9.26 Å². The Labute approximate surface area is 102 Å². The molecule has 0 bridgehead atoms. The minimum Gasteiger partial charge on any atom is -0.381 e. The van der Waals surface area contributed by atoms with Crippen molar-refractivity contribution in [2.45, 2.75) is 39.2 Å². The Kier molecular flexibility index (Phi) is 4.50. The Bertz CT molecular complexity index is 334. The molecule has 0 spiro atoms. The second-order valence-corrected chi connectivity index (χ2v) is 4.66. The molecule has 2 unspecified atom stereocenters. The van der Waals surface area contributed by atoms with E-state index in [2.05, 4.69) is 22.4 Å². The first-order valence-corrected chi connectivity index (χ1v) is 6.43. The van der Waals surface area contributed by atoms with Crippen molar-refractivity contribution in [2.24, 2.45) is 5.92 Å². The summed E-state index contributed by atoms with van der Waals surface area (Å²) >= 11 is 0. The minimum atomic E-state index is 0.135. The third-order valence-electron chi connectivity index (χ3n) is 3.05. The third kappa shape index (κ3) is 3.51. The van der Waals surface area contributed by atoms with Crippen LogP contribution in [0, 0.1) is 5.92 Å². The van der Waals surface area contributed by atoms with Crippen LogP contribution in [-0.2, 0) is 11.2 Å². The van der Waals surface area contributed by atoms with Gasteiger partial charge < -0.3 is 14.6 Å². The van der Waals surface area contributed by atoms with Gasteiger partial charge in [-0.25, -0.2) is 0 Å². The highest BCUT2D eigenvalue weighted by Gasteiger charge is 2.20. The van der Waals surface area contributed by atoms with Gasteiger partial charge in [0, 0.05) is 19.6 Å². The lowest BCUT2D eigenvalue weighted by atomic mass is 10.1. The Balaban J connectivity index is 1.86. The summed E-state index contributed by atoms with van der Waals surface area (Å²) in [5, 5.41) is 7.36. The number of nitrogens with zero attached hydrogens (tertiary/aromatic N) is 2. The highest BCUT2D eigenvalue weighted by molar-refractivity contribution is 4.93. The fourth-order valence-electron chi connectivity index (χ4n) is 1.98. The Morgan fingerprint density at radius 1 is 1.53 bits per heavy atom. The van der Waals surface area contributed by atoms with Gasteiger partial charge in [-0.15, -0.1) is 0 Å². The van der Waals surface area contributed by atoms with E-state index in [9.17, 15) is 0 Å². The second-order valence-electron chi connectivity index (χ2n) is 4.66. The van der Waals surface area contributed by atoms with Crippen molar-refractivity contribution in [1.82, 2.24) is 15.5 Å². The molecule has 2 heterocycles. The molecule has 0 aliphatic carbocycles. The van der Waals surface area contributed by atoms with Crippen molar-refractivity contribution in [3.63, 3.8) is 0 Å². The molecule has 96 valence electrons. The molecule has 1 aliphatic heterocycles. The quantitative estimate of drug-likeness (QED) is 0.819. The minimum absolute atomic E-state index is 0.135. The third-order valence-corrected chi connectivity index (χ3v) is 3.05. The standard InChI is InChI=1S/C12H21N3O2/c1-3-5-13-9(2)12-14-11(15-17-12)7-10-4-6-16-8-10/h9-10,13H,3-8H2,1-2H3. The van der Waals surface area contributed by atoms with Gasteiger partial charge in [0.15, 0.2) is 5.82 Å². The summed E-state index contributed by atoms with van der Waals surface area (Å²) in [6.45, 7) is 6.84. The molecule has 1 saturated heterocycles. The van der Waals surface area contributed by atoms with Crippen molar-refractivity contribution in [1.29, 1.82) is 0 Å². The summed E-state index contributed by atoms with van der Waals surface area (Å²) in [7, 11) is 0. The first-order chi connectivity index (χ1) is 8.29. The molecule has 17 heavy (non-hydrogen) atoms. The topological polar surface area (TPSA) is 60.2 Å². The predicted molar refractivity (Wildman–Crippen MR) is 63.6 cm³/mol. The Hall–Kier alpha value is -0.940. The number of hydrogen-bond donors (Lipinski definition) is 1. The molecule has 2 rings (SSSR count). The second kappa shape index (κ2) is 6.12. The van der Waals surface area contributed by atoms with Gasteiger partial charge in [-0.3, -0.25) is 0 Å². The first-order valence-electron chi connectivity index (χ1n) is 6.43. The van der Waals surface area contributed by atoms with Gasteiger partial charge >= 0.3 is 0 Å². The van der Waals surface area contributed by atoms with Gasteiger partial charge in [-0.05, 0) is 32.2 Å². The van der Waals surface area contributed by atoms with Crippen molar-refractivity contribution in [3.05, 3.63) is 11.7 Å². The summed E-state index contributed by atoms with van der Waals surface area (Å²) in [6, 6.07) is 0.135. The zero-order chi connectivity index (χ0) is 12.1. The van der Waals surface area contributed by atoms with E-state index >= 15 is 0 Å². The number of aromatic nitrogens is 2. The summed E-state index contributed by atoms with van der Waals surface area (Å²) in [5.74, 6) is 2.05. The molecule has 1 aliphatic rings. The fourth-order valence-corrected chi connectivity index (χ4v) is 1.98. The summed E-state index contributed by atoms with van der Waals surface area (Å²) in [6.07, 6.45) is 3.07. The highest BCUT2D eigenvalue weighted by atomic mass is 16.5. The van der Waals surface area contributed by atoms with E-state index in [-0.39, 0.29) is 6.04 Å². The average Bonchev–Trinajstić information content (AvgIpc) is 2.98. The molecule has 1 fully saturated rings. The lowest BCUT2D eigenvalue weighted by Gasteiger charge is -2.07. The van der Waals surface area contributed by atoms with Crippen molar-refractivity contribution >= 4 is 0 Å². The van der Waals surface area contributed by atoms with Gasteiger partial charge in [0.25, 0.3) is 0 Å². The van der Waals surface area contributed by atoms with E-state index in [1.165, 1.54) is 0 Å². The van der Waals surface area contributed by atoms with Gasteiger partial charge in [-0.2, -0.15) is 4.98 Å². The van der Waals surface area contributed by atoms with Crippen LogP contribution in [0.2, 0.25) is 0 Å². The van der Waals surface area contributed by atoms with E-state index in [1.807, 2.05) is 6.92 Å². The molecule has 0 saturated carbocycles. The smallest absolute Gasteiger partial charge is 0.243 e. The lowest BCUT2D eigenvalue weighted by Crippen LogP contribution is -2.19. The summed E-state index contributed by atoms with van der Waals surface area (Å²) < 4.78 is 10.6. The van der Waals surface area contributed by atoms with E-state index in [1.54, 1.807) is 0 Å². The predicted octanol–water partition coefficient (Wildman–Crippen LogP) is 1.71. The monoisotopic (exact) mass is 239 g/mol. The van der Waals surface area contributed by atoms with E-state index in [0.717, 1.165) is 44.8 Å². The van der Waals surface area contributed by atoms with E-state index in [4.69, 9.17) is 9.26 Å². The molecule has 0 aromatic carbocycles. The summed E-state index contributed by atoms with van der Waals surface area (Å²) in [5.41, 5.74) is 0. The highest BCUT2D eigenvalue weighted by Crippen LogP contribution is 2.18. The maximum absolute atomic E-state index is 5.34. The number of nitrogens with one attached hydrogen (secondary N) is 1. The van der Waals surface area contributed by atoms with Crippen LogP contribution < -0.4 is 5.32 Å². The fraction of sp³-hybridized carbons (Fsp3) is 0.833. The van der Waals surface area contributed by atoms with Gasteiger partial charge in [0.05, 0.1) is 6.04 Å². The maximum Gasteiger partial charge on any atom is 0.243 e. The molecule has 1 N–H and O–H groups in total. The van der Waals surface area contributed by atoms with Crippen LogP contribution in [0.4, 0.5) is 0 Å². The van der Waals surface area contributed by atoms with Crippen LogP contribution in [0.3, 0.4) is 0 Å². The molecule has 0 amide bonds. The zero-order valence-electron chi connectivity index (χ0n) is 10.6. The van der Waals surface area contributed by atoms with E-state index < -0.39 is 0 Å². The number of ether oxygens (including phenoxy) is 1.